The Labute approximate surface area is 152 Å². The van der Waals surface area contributed by atoms with Crippen molar-refractivity contribution in [3.8, 4) is 0 Å². The minimum absolute atomic E-state index is 0.00382. The zero-order chi connectivity index (χ0) is 19.5. The normalized spacial score (nSPS) is 13.9. The van der Waals surface area contributed by atoms with Crippen molar-refractivity contribution in [1.82, 2.24) is 0 Å². The number of rotatable bonds is 5. The Kier molecular flexibility index (Phi) is 5.72. The Morgan fingerprint density at radius 2 is 1.77 bits per heavy atom. The van der Waals surface area contributed by atoms with Gasteiger partial charge in [-0.15, -0.1) is 11.8 Å². The maximum absolute atomic E-state index is 12.9. The van der Waals surface area contributed by atoms with Gasteiger partial charge in [0.05, 0.1) is 5.56 Å². The third-order valence-corrected chi connectivity index (χ3v) is 4.82. The first-order valence-electron chi connectivity index (χ1n) is 7.48. The van der Waals surface area contributed by atoms with E-state index in [0.717, 1.165) is 17.0 Å². The summed E-state index contributed by atoms with van der Waals surface area (Å²) in [5.41, 5.74) is 8.10. The second kappa shape index (κ2) is 7.46. The van der Waals surface area contributed by atoms with Gasteiger partial charge in [0, 0.05) is 27.7 Å². The molecule has 1 atom stereocenters. The zero-order valence-electron chi connectivity index (χ0n) is 13.8. The van der Waals surface area contributed by atoms with Crippen LogP contribution in [0.15, 0.2) is 47.4 Å². The van der Waals surface area contributed by atoms with E-state index in [4.69, 9.17) is 11.5 Å². The van der Waals surface area contributed by atoms with Gasteiger partial charge in [-0.1, -0.05) is 0 Å². The summed E-state index contributed by atoms with van der Waals surface area (Å²) in [4.78, 5) is 13.0. The standard InChI is InChI=1S/C17H18F3N3O2S/c1-16(25,9-26-12-5-2-10(21)3-6-12)15(24)23-11-4-7-14(22)13(8-11)17(18,19)20/h2-8,25H,9,21-22H2,1H3,(H,23,24)/t16-/m0/s1. The van der Waals surface area contributed by atoms with E-state index in [1.807, 2.05) is 0 Å². The van der Waals surface area contributed by atoms with Gasteiger partial charge in [0.2, 0.25) is 0 Å². The highest BCUT2D eigenvalue weighted by Crippen LogP contribution is 2.35. The number of amides is 1. The molecule has 0 radical (unpaired) electrons. The van der Waals surface area contributed by atoms with Crippen molar-refractivity contribution in [2.45, 2.75) is 23.6 Å². The van der Waals surface area contributed by atoms with E-state index in [1.165, 1.54) is 24.8 Å². The molecule has 6 N–H and O–H groups in total. The molecule has 26 heavy (non-hydrogen) atoms. The maximum Gasteiger partial charge on any atom is 0.418 e. The van der Waals surface area contributed by atoms with Crippen LogP contribution >= 0.6 is 11.8 Å². The molecular formula is C17H18F3N3O2S. The number of thioether (sulfide) groups is 1. The molecule has 0 aliphatic heterocycles. The summed E-state index contributed by atoms with van der Waals surface area (Å²) in [7, 11) is 0. The number of carbonyl (C=O) groups excluding carboxylic acids is 1. The number of anilines is 3. The molecule has 0 aliphatic carbocycles. The van der Waals surface area contributed by atoms with Crippen LogP contribution in [0.2, 0.25) is 0 Å². The molecule has 0 bridgehead atoms. The number of alkyl halides is 3. The van der Waals surface area contributed by atoms with Crippen molar-refractivity contribution in [3.63, 3.8) is 0 Å². The highest BCUT2D eigenvalue weighted by molar-refractivity contribution is 7.99. The molecule has 0 saturated carbocycles. The van der Waals surface area contributed by atoms with Crippen LogP contribution in [0.4, 0.5) is 30.2 Å². The van der Waals surface area contributed by atoms with E-state index >= 15 is 0 Å². The first-order valence-corrected chi connectivity index (χ1v) is 8.46. The van der Waals surface area contributed by atoms with Gasteiger partial charge in [-0.25, -0.2) is 0 Å². The first kappa shape index (κ1) is 19.9. The SMILES string of the molecule is C[C@](O)(CSc1ccc(N)cc1)C(=O)Nc1ccc(N)c(C(F)(F)F)c1. The number of hydrogen-bond acceptors (Lipinski definition) is 5. The van der Waals surface area contributed by atoms with E-state index in [0.29, 0.717) is 5.69 Å². The molecule has 2 aromatic carbocycles. The largest absolute Gasteiger partial charge is 0.418 e. The number of hydrogen-bond donors (Lipinski definition) is 4. The van der Waals surface area contributed by atoms with Crippen molar-refractivity contribution in [3.05, 3.63) is 48.0 Å². The highest BCUT2D eigenvalue weighted by Gasteiger charge is 2.34. The van der Waals surface area contributed by atoms with Gasteiger partial charge in [-0.3, -0.25) is 4.79 Å². The number of nitrogen functional groups attached to an aromatic ring is 2. The van der Waals surface area contributed by atoms with Crippen molar-refractivity contribution < 1.29 is 23.1 Å². The Morgan fingerprint density at radius 3 is 2.35 bits per heavy atom. The van der Waals surface area contributed by atoms with Gasteiger partial charge >= 0.3 is 6.18 Å². The minimum atomic E-state index is -4.64. The monoisotopic (exact) mass is 385 g/mol. The second-order valence-corrected chi connectivity index (χ2v) is 6.93. The summed E-state index contributed by atoms with van der Waals surface area (Å²) >= 11 is 1.22. The molecule has 2 aromatic rings. The zero-order valence-corrected chi connectivity index (χ0v) is 14.6. The molecule has 0 saturated heterocycles. The molecule has 0 fully saturated rings. The van der Waals surface area contributed by atoms with E-state index < -0.39 is 28.9 Å². The molecule has 2 rings (SSSR count). The van der Waals surface area contributed by atoms with Gasteiger partial charge in [0.1, 0.15) is 5.60 Å². The molecular weight excluding hydrogens is 367 g/mol. The second-order valence-electron chi connectivity index (χ2n) is 5.89. The van der Waals surface area contributed by atoms with Crippen LogP contribution < -0.4 is 16.8 Å². The van der Waals surface area contributed by atoms with Crippen LogP contribution in [0.5, 0.6) is 0 Å². The van der Waals surface area contributed by atoms with Gasteiger partial charge in [0.25, 0.3) is 5.91 Å². The van der Waals surface area contributed by atoms with E-state index in [2.05, 4.69) is 5.32 Å². The molecule has 0 aromatic heterocycles. The summed E-state index contributed by atoms with van der Waals surface area (Å²) in [6, 6.07) is 9.87. The lowest BCUT2D eigenvalue weighted by molar-refractivity contribution is -0.137. The molecule has 0 spiro atoms. The summed E-state index contributed by atoms with van der Waals surface area (Å²) in [6.45, 7) is 1.29. The molecule has 140 valence electrons. The number of aliphatic hydroxyl groups is 1. The predicted molar refractivity (Wildman–Crippen MR) is 96.7 cm³/mol. The fourth-order valence-electron chi connectivity index (χ4n) is 2.00. The Hall–Kier alpha value is -2.39. The summed E-state index contributed by atoms with van der Waals surface area (Å²) < 4.78 is 38.6. The van der Waals surface area contributed by atoms with Crippen LogP contribution in [-0.2, 0) is 11.0 Å². The van der Waals surface area contributed by atoms with Crippen molar-refractivity contribution >= 4 is 34.7 Å². The summed E-state index contributed by atoms with van der Waals surface area (Å²) in [5.74, 6) is -0.817. The smallest absolute Gasteiger partial charge is 0.399 e. The number of benzene rings is 2. The molecule has 0 unspecified atom stereocenters. The minimum Gasteiger partial charge on any atom is -0.399 e. The Morgan fingerprint density at radius 1 is 1.15 bits per heavy atom. The van der Waals surface area contributed by atoms with E-state index in [-0.39, 0.29) is 11.4 Å². The lowest BCUT2D eigenvalue weighted by atomic mass is 10.1. The van der Waals surface area contributed by atoms with Crippen molar-refractivity contribution in [2.24, 2.45) is 0 Å². The number of carbonyl (C=O) groups is 1. The average Bonchev–Trinajstić information content (AvgIpc) is 2.55. The number of halogens is 3. The van der Waals surface area contributed by atoms with Crippen molar-refractivity contribution in [1.29, 1.82) is 0 Å². The third-order valence-electron chi connectivity index (χ3n) is 3.51. The van der Waals surface area contributed by atoms with E-state index in [1.54, 1.807) is 24.3 Å². The Bertz CT molecular complexity index is 793. The van der Waals surface area contributed by atoms with Gasteiger partial charge in [-0.2, -0.15) is 13.2 Å². The van der Waals surface area contributed by atoms with Crippen LogP contribution in [0.1, 0.15) is 12.5 Å². The maximum atomic E-state index is 12.9. The van der Waals surface area contributed by atoms with E-state index in [9.17, 15) is 23.1 Å². The fourth-order valence-corrected chi connectivity index (χ4v) is 2.91. The fraction of sp³-hybridized carbons (Fsp3) is 0.235. The number of nitrogens with two attached hydrogens (primary N) is 2. The van der Waals surface area contributed by atoms with Crippen LogP contribution in [0.25, 0.3) is 0 Å². The quantitative estimate of drug-likeness (QED) is 0.467. The number of nitrogens with one attached hydrogen (secondary N) is 1. The van der Waals surface area contributed by atoms with Gasteiger partial charge < -0.3 is 21.9 Å². The van der Waals surface area contributed by atoms with Crippen LogP contribution in [0.3, 0.4) is 0 Å². The lowest BCUT2D eigenvalue weighted by Gasteiger charge is -2.22. The molecule has 0 heterocycles. The molecule has 0 aliphatic rings. The first-order chi connectivity index (χ1) is 12.0. The lowest BCUT2D eigenvalue weighted by Crippen LogP contribution is -2.42. The molecule has 1 amide bonds. The molecule has 5 nitrogen and oxygen atoms in total. The third kappa shape index (κ3) is 5.06. The van der Waals surface area contributed by atoms with Crippen molar-refractivity contribution in [2.75, 3.05) is 22.5 Å². The summed E-state index contributed by atoms with van der Waals surface area (Å²) in [5, 5.41) is 12.6. The topological polar surface area (TPSA) is 101 Å². The average molecular weight is 385 g/mol. The van der Waals surface area contributed by atoms with Gasteiger partial charge in [-0.05, 0) is 49.4 Å². The molecule has 9 heteroatoms. The predicted octanol–water partition coefficient (Wildman–Crippen LogP) is 3.35. The highest BCUT2D eigenvalue weighted by atomic mass is 32.2. The van der Waals surface area contributed by atoms with Crippen LogP contribution in [0, 0.1) is 0 Å². The summed E-state index contributed by atoms with van der Waals surface area (Å²) in [6.07, 6.45) is -4.64. The van der Waals surface area contributed by atoms with Crippen LogP contribution in [-0.4, -0.2) is 22.4 Å². The Balaban J connectivity index is 2.06. The van der Waals surface area contributed by atoms with Gasteiger partial charge in [0.15, 0.2) is 0 Å².